The minimum absolute atomic E-state index is 0.162. The Bertz CT molecular complexity index is 880. The molecule has 1 heterocycles. The maximum absolute atomic E-state index is 12.5. The van der Waals surface area contributed by atoms with Crippen LogP contribution >= 0.6 is 11.8 Å². The van der Waals surface area contributed by atoms with E-state index in [1.165, 1.54) is 17.3 Å². The van der Waals surface area contributed by atoms with E-state index in [4.69, 9.17) is 4.74 Å². The van der Waals surface area contributed by atoms with Crippen molar-refractivity contribution < 1.29 is 14.3 Å². The molecule has 28 heavy (non-hydrogen) atoms. The number of thioether (sulfide) groups is 1. The Kier molecular flexibility index (Phi) is 6.76. The molecule has 0 fully saturated rings. The van der Waals surface area contributed by atoms with Gasteiger partial charge in [-0.05, 0) is 36.6 Å². The summed E-state index contributed by atoms with van der Waals surface area (Å²) in [5.41, 5.74) is 2.27. The van der Waals surface area contributed by atoms with Gasteiger partial charge in [-0.1, -0.05) is 43.3 Å². The molecule has 146 valence electrons. The SMILES string of the molecule is CC1=C(C(=O)Nc2cccc(C(=O)NC[C@@H](C)c3ccccc3)c2)SCCO1. The first kappa shape index (κ1) is 20.0. The Morgan fingerprint density at radius 1 is 1.11 bits per heavy atom. The van der Waals surface area contributed by atoms with Crippen molar-refractivity contribution in [2.75, 3.05) is 24.2 Å². The molecule has 3 rings (SSSR count). The van der Waals surface area contributed by atoms with Crippen LogP contribution < -0.4 is 10.6 Å². The molecule has 0 saturated carbocycles. The number of hydrogen-bond donors (Lipinski definition) is 2. The molecule has 6 heteroatoms. The highest BCUT2D eigenvalue weighted by Crippen LogP contribution is 2.26. The minimum atomic E-state index is -0.211. The second-order valence-corrected chi connectivity index (χ2v) is 7.74. The first-order valence-electron chi connectivity index (χ1n) is 9.25. The van der Waals surface area contributed by atoms with Crippen molar-refractivity contribution in [1.82, 2.24) is 5.32 Å². The summed E-state index contributed by atoms with van der Waals surface area (Å²) >= 11 is 1.48. The molecule has 5 nitrogen and oxygen atoms in total. The Balaban J connectivity index is 1.61. The van der Waals surface area contributed by atoms with Crippen LogP contribution in [0, 0.1) is 0 Å². The fourth-order valence-corrected chi connectivity index (χ4v) is 3.72. The van der Waals surface area contributed by atoms with E-state index < -0.39 is 0 Å². The highest BCUT2D eigenvalue weighted by atomic mass is 32.2. The molecule has 1 aliphatic heterocycles. The average molecular weight is 397 g/mol. The number of allylic oxidation sites excluding steroid dienone is 1. The van der Waals surface area contributed by atoms with Gasteiger partial charge in [0.15, 0.2) is 0 Å². The third-order valence-electron chi connectivity index (χ3n) is 4.49. The molecule has 0 saturated heterocycles. The number of rotatable bonds is 6. The zero-order chi connectivity index (χ0) is 19.9. The largest absolute Gasteiger partial charge is 0.496 e. The van der Waals surface area contributed by atoms with Crippen LogP contribution in [0.4, 0.5) is 5.69 Å². The maximum atomic E-state index is 12.5. The van der Waals surface area contributed by atoms with E-state index in [2.05, 4.69) is 29.7 Å². The van der Waals surface area contributed by atoms with Gasteiger partial charge in [0.25, 0.3) is 11.8 Å². The van der Waals surface area contributed by atoms with Gasteiger partial charge >= 0.3 is 0 Å². The normalized spacial score (nSPS) is 14.8. The summed E-state index contributed by atoms with van der Waals surface area (Å²) in [5.74, 6) is 1.23. The Hall–Kier alpha value is -2.73. The van der Waals surface area contributed by atoms with Crippen molar-refractivity contribution in [2.24, 2.45) is 0 Å². The number of nitrogens with one attached hydrogen (secondary N) is 2. The van der Waals surface area contributed by atoms with Gasteiger partial charge in [-0.15, -0.1) is 11.8 Å². The average Bonchev–Trinajstić information content (AvgIpc) is 2.72. The molecule has 0 radical (unpaired) electrons. The number of ether oxygens (including phenoxy) is 1. The van der Waals surface area contributed by atoms with Crippen LogP contribution in [0.1, 0.15) is 35.7 Å². The lowest BCUT2D eigenvalue weighted by atomic mass is 10.0. The lowest BCUT2D eigenvalue weighted by Gasteiger charge is -2.18. The van der Waals surface area contributed by atoms with E-state index in [0.717, 1.165) is 5.75 Å². The summed E-state index contributed by atoms with van der Waals surface area (Å²) in [6.45, 7) is 5.02. The predicted octanol–water partition coefficient (Wildman–Crippen LogP) is 4.15. The summed E-state index contributed by atoms with van der Waals surface area (Å²) in [5, 5.41) is 5.81. The van der Waals surface area contributed by atoms with Crippen LogP contribution in [0.25, 0.3) is 0 Å². The van der Waals surface area contributed by atoms with Crippen molar-refractivity contribution in [3.63, 3.8) is 0 Å². The lowest BCUT2D eigenvalue weighted by molar-refractivity contribution is -0.112. The molecule has 2 aromatic carbocycles. The number of carbonyl (C=O) groups is 2. The summed E-state index contributed by atoms with van der Waals surface area (Å²) in [4.78, 5) is 25.6. The molecule has 1 aliphatic rings. The summed E-state index contributed by atoms with van der Waals surface area (Å²) in [6.07, 6.45) is 0. The fourth-order valence-electron chi connectivity index (χ4n) is 2.90. The van der Waals surface area contributed by atoms with Crippen LogP contribution in [-0.2, 0) is 9.53 Å². The van der Waals surface area contributed by atoms with Crippen molar-refractivity contribution >= 4 is 29.3 Å². The first-order valence-corrected chi connectivity index (χ1v) is 10.2. The Morgan fingerprint density at radius 2 is 1.89 bits per heavy atom. The van der Waals surface area contributed by atoms with Gasteiger partial charge < -0.3 is 15.4 Å². The minimum Gasteiger partial charge on any atom is -0.496 e. The second-order valence-electron chi connectivity index (χ2n) is 6.64. The van der Waals surface area contributed by atoms with Crippen molar-refractivity contribution in [3.8, 4) is 0 Å². The molecule has 0 aliphatic carbocycles. The molecule has 0 aromatic heterocycles. The quantitative estimate of drug-likeness (QED) is 0.770. The summed E-state index contributed by atoms with van der Waals surface area (Å²) in [7, 11) is 0. The number of benzene rings is 2. The third-order valence-corrected chi connectivity index (χ3v) is 5.63. The van der Waals surface area contributed by atoms with E-state index in [9.17, 15) is 9.59 Å². The molecule has 2 N–H and O–H groups in total. The first-order chi connectivity index (χ1) is 13.5. The topological polar surface area (TPSA) is 67.4 Å². The van der Waals surface area contributed by atoms with Crippen molar-refractivity contribution in [1.29, 1.82) is 0 Å². The van der Waals surface area contributed by atoms with E-state index in [1.54, 1.807) is 31.2 Å². The predicted molar refractivity (Wildman–Crippen MR) is 113 cm³/mol. The molecular formula is C22H24N2O3S. The van der Waals surface area contributed by atoms with Crippen LogP contribution in [0.3, 0.4) is 0 Å². The fraction of sp³-hybridized carbons (Fsp3) is 0.273. The monoisotopic (exact) mass is 396 g/mol. The highest BCUT2D eigenvalue weighted by Gasteiger charge is 2.19. The third kappa shape index (κ3) is 5.16. The van der Waals surface area contributed by atoms with E-state index in [0.29, 0.717) is 35.1 Å². The van der Waals surface area contributed by atoms with Gasteiger partial charge in [-0.2, -0.15) is 0 Å². The van der Waals surface area contributed by atoms with Gasteiger partial charge in [0.05, 0.1) is 6.61 Å². The summed E-state index contributed by atoms with van der Waals surface area (Å²) in [6, 6.07) is 17.0. The van der Waals surface area contributed by atoms with Gasteiger partial charge in [-0.3, -0.25) is 9.59 Å². The Labute approximate surface area is 169 Å². The van der Waals surface area contributed by atoms with Crippen LogP contribution in [0.15, 0.2) is 65.3 Å². The van der Waals surface area contributed by atoms with Gasteiger partial charge in [0, 0.05) is 23.5 Å². The van der Waals surface area contributed by atoms with Gasteiger partial charge in [0.1, 0.15) is 10.7 Å². The van der Waals surface area contributed by atoms with Crippen LogP contribution in [0.2, 0.25) is 0 Å². The number of amides is 2. The molecule has 1 atom stereocenters. The maximum Gasteiger partial charge on any atom is 0.265 e. The van der Waals surface area contributed by atoms with Gasteiger partial charge in [-0.25, -0.2) is 0 Å². The highest BCUT2D eigenvalue weighted by molar-refractivity contribution is 8.04. The molecule has 2 amide bonds. The van der Waals surface area contributed by atoms with Crippen molar-refractivity contribution in [3.05, 3.63) is 76.4 Å². The van der Waals surface area contributed by atoms with E-state index in [1.807, 2.05) is 18.2 Å². The second kappa shape index (κ2) is 9.46. The van der Waals surface area contributed by atoms with Crippen molar-refractivity contribution in [2.45, 2.75) is 19.8 Å². The zero-order valence-corrected chi connectivity index (χ0v) is 16.8. The van der Waals surface area contributed by atoms with E-state index in [-0.39, 0.29) is 17.7 Å². The van der Waals surface area contributed by atoms with Crippen LogP contribution in [0.5, 0.6) is 0 Å². The van der Waals surface area contributed by atoms with E-state index >= 15 is 0 Å². The number of anilines is 1. The molecule has 0 unspecified atom stereocenters. The lowest BCUT2D eigenvalue weighted by Crippen LogP contribution is -2.27. The smallest absolute Gasteiger partial charge is 0.265 e. The van der Waals surface area contributed by atoms with Gasteiger partial charge in [0.2, 0.25) is 0 Å². The molecule has 0 bridgehead atoms. The molecular weight excluding hydrogens is 372 g/mol. The standard InChI is InChI=1S/C22H24N2O3S/c1-15(17-7-4-3-5-8-17)14-23-21(25)18-9-6-10-19(13-18)24-22(26)20-16(2)27-11-12-28-20/h3-10,13,15H,11-12,14H2,1-2H3,(H,23,25)(H,24,26)/t15-/m1/s1. The molecule has 2 aromatic rings. The zero-order valence-electron chi connectivity index (χ0n) is 16.0. The number of hydrogen-bond acceptors (Lipinski definition) is 4. The Morgan fingerprint density at radius 3 is 2.64 bits per heavy atom. The molecule has 0 spiro atoms. The van der Waals surface area contributed by atoms with Crippen LogP contribution in [-0.4, -0.2) is 30.7 Å². The summed E-state index contributed by atoms with van der Waals surface area (Å²) < 4.78 is 5.44. The number of carbonyl (C=O) groups excluding carboxylic acids is 2.